The molecule has 0 saturated carbocycles. The van der Waals surface area contributed by atoms with E-state index in [0.717, 1.165) is 26.1 Å². The summed E-state index contributed by atoms with van der Waals surface area (Å²) in [5.74, 6) is 0.0728. The Hall–Kier alpha value is -1.14. The lowest BCUT2D eigenvalue weighted by atomic mass is 9.90. The first-order valence-electron chi connectivity index (χ1n) is 7.76. The lowest BCUT2D eigenvalue weighted by Crippen LogP contribution is -2.39. The lowest BCUT2D eigenvalue weighted by molar-refractivity contribution is -0.135. The van der Waals surface area contributed by atoms with Crippen LogP contribution in [0.15, 0.2) is 0 Å². The van der Waals surface area contributed by atoms with Gasteiger partial charge in [0.2, 0.25) is 11.8 Å². The van der Waals surface area contributed by atoms with Gasteiger partial charge >= 0.3 is 0 Å². The predicted molar refractivity (Wildman–Crippen MR) is 81.6 cm³/mol. The minimum atomic E-state index is -0.167. The Morgan fingerprint density at radius 3 is 2.76 bits per heavy atom. The number of carbonyl (C=O) groups excluding carboxylic acids is 2. The smallest absolute Gasteiger partial charge is 0.228 e. The van der Waals surface area contributed by atoms with E-state index in [2.05, 4.69) is 11.8 Å². The average molecular weight is 296 g/mol. The van der Waals surface area contributed by atoms with Crippen LogP contribution in [0.4, 0.5) is 0 Å². The van der Waals surface area contributed by atoms with E-state index in [4.69, 9.17) is 5.73 Å². The fraction of sp³-hybridized carbons (Fsp3) is 0.867. The van der Waals surface area contributed by atoms with E-state index in [0.29, 0.717) is 26.1 Å². The van der Waals surface area contributed by atoms with Gasteiger partial charge in [-0.25, -0.2) is 0 Å². The van der Waals surface area contributed by atoms with Gasteiger partial charge in [-0.05, 0) is 32.5 Å². The third-order valence-electron chi connectivity index (χ3n) is 4.74. The van der Waals surface area contributed by atoms with Crippen LogP contribution < -0.4 is 5.73 Å². The molecule has 2 aliphatic heterocycles. The largest absolute Gasteiger partial charge is 0.342 e. The Morgan fingerprint density at radius 1 is 1.48 bits per heavy atom. The van der Waals surface area contributed by atoms with Crippen LogP contribution in [-0.4, -0.2) is 79.9 Å². The predicted octanol–water partition coefficient (Wildman–Crippen LogP) is -0.406. The first kappa shape index (κ1) is 16.2. The van der Waals surface area contributed by atoms with Gasteiger partial charge in [-0.1, -0.05) is 6.92 Å². The third kappa shape index (κ3) is 3.74. The molecule has 6 heteroatoms. The summed E-state index contributed by atoms with van der Waals surface area (Å²) in [4.78, 5) is 30.4. The maximum atomic E-state index is 12.6. The third-order valence-corrected chi connectivity index (χ3v) is 4.74. The summed E-state index contributed by atoms with van der Waals surface area (Å²) in [5.41, 5.74) is 5.84. The number of rotatable bonds is 5. The zero-order valence-electron chi connectivity index (χ0n) is 13.5. The minimum absolute atomic E-state index is 0.0445. The van der Waals surface area contributed by atoms with Crippen LogP contribution in [0.2, 0.25) is 0 Å². The number of likely N-dealkylation sites (tertiary alicyclic amines) is 2. The van der Waals surface area contributed by atoms with Crippen molar-refractivity contribution in [1.29, 1.82) is 0 Å². The van der Waals surface area contributed by atoms with Crippen molar-refractivity contribution < 1.29 is 9.59 Å². The molecule has 2 saturated heterocycles. The van der Waals surface area contributed by atoms with E-state index >= 15 is 0 Å². The molecule has 6 nitrogen and oxygen atoms in total. The molecule has 2 unspecified atom stereocenters. The van der Waals surface area contributed by atoms with E-state index in [1.54, 1.807) is 0 Å². The molecule has 0 aromatic heterocycles. The molecular weight excluding hydrogens is 268 g/mol. The lowest BCUT2D eigenvalue weighted by Gasteiger charge is -2.24. The quantitative estimate of drug-likeness (QED) is 0.749. The summed E-state index contributed by atoms with van der Waals surface area (Å²) in [5, 5.41) is 0. The Morgan fingerprint density at radius 2 is 2.19 bits per heavy atom. The number of hydrogen-bond donors (Lipinski definition) is 1. The summed E-state index contributed by atoms with van der Waals surface area (Å²) < 4.78 is 0. The summed E-state index contributed by atoms with van der Waals surface area (Å²) >= 11 is 0. The molecule has 120 valence electrons. The summed E-state index contributed by atoms with van der Waals surface area (Å²) in [6.45, 7) is 6.34. The zero-order valence-corrected chi connectivity index (χ0v) is 13.5. The molecule has 2 amide bonds. The van der Waals surface area contributed by atoms with Crippen molar-refractivity contribution in [1.82, 2.24) is 14.7 Å². The Balaban J connectivity index is 1.89. The van der Waals surface area contributed by atoms with Crippen LogP contribution in [0.3, 0.4) is 0 Å². The van der Waals surface area contributed by atoms with Crippen molar-refractivity contribution in [2.45, 2.75) is 19.8 Å². The van der Waals surface area contributed by atoms with Crippen LogP contribution in [0, 0.1) is 11.3 Å². The number of nitrogens with zero attached hydrogens (tertiary/aromatic N) is 3. The zero-order chi connectivity index (χ0) is 15.6. The maximum Gasteiger partial charge on any atom is 0.228 e. The monoisotopic (exact) mass is 296 g/mol. The van der Waals surface area contributed by atoms with Crippen LogP contribution in [0.5, 0.6) is 0 Å². The summed E-state index contributed by atoms with van der Waals surface area (Å²) in [7, 11) is 3.97. The van der Waals surface area contributed by atoms with Crippen molar-refractivity contribution in [3.05, 3.63) is 0 Å². The van der Waals surface area contributed by atoms with E-state index in [-0.39, 0.29) is 23.1 Å². The van der Waals surface area contributed by atoms with Crippen molar-refractivity contribution in [3.63, 3.8) is 0 Å². The second-order valence-corrected chi connectivity index (χ2v) is 7.07. The topological polar surface area (TPSA) is 69.9 Å². The van der Waals surface area contributed by atoms with Crippen LogP contribution in [0.1, 0.15) is 19.8 Å². The van der Waals surface area contributed by atoms with Gasteiger partial charge in [0.05, 0.1) is 5.92 Å². The van der Waals surface area contributed by atoms with Crippen molar-refractivity contribution in [2.75, 3.05) is 53.4 Å². The number of nitrogens with two attached hydrogens (primary N) is 1. The highest BCUT2D eigenvalue weighted by atomic mass is 16.2. The minimum Gasteiger partial charge on any atom is -0.342 e. The molecule has 0 aromatic rings. The Bertz CT molecular complexity index is 412. The molecule has 0 bridgehead atoms. The molecule has 21 heavy (non-hydrogen) atoms. The fourth-order valence-corrected chi connectivity index (χ4v) is 3.11. The van der Waals surface area contributed by atoms with Crippen LogP contribution >= 0.6 is 0 Å². The first-order valence-corrected chi connectivity index (χ1v) is 7.76. The van der Waals surface area contributed by atoms with Crippen molar-refractivity contribution in [3.8, 4) is 0 Å². The van der Waals surface area contributed by atoms with Gasteiger partial charge in [0, 0.05) is 39.1 Å². The number of hydrogen-bond acceptors (Lipinski definition) is 4. The fourth-order valence-electron chi connectivity index (χ4n) is 3.11. The van der Waals surface area contributed by atoms with E-state index in [1.165, 1.54) is 0 Å². The number of amides is 2. The maximum absolute atomic E-state index is 12.6. The summed E-state index contributed by atoms with van der Waals surface area (Å²) in [6, 6.07) is 0. The van der Waals surface area contributed by atoms with E-state index in [9.17, 15) is 9.59 Å². The molecule has 2 heterocycles. The highest BCUT2D eigenvalue weighted by Crippen LogP contribution is 2.31. The molecule has 0 radical (unpaired) electrons. The molecule has 2 atom stereocenters. The SMILES string of the molecule is CN(C)CCN1CC(C(=O)N2CCC(C)(CN)C2)CC1=O. The van der Waals surface area contributed by atoms with Crippen LogP contribution in [-0.2, 0) is 9.59 Å². The molecule has 2 aliphatic rings. The van der Waals surface area contributed by atoms with E-state index < -0.39 is 0 Å². The number of carbonyl (C=O) groups is 2. The Kier molecular flexibility index (Phi) is 4.88. The molecule has 0 aliphatic carbocycles. The molecule has 2 rings (SSSR count). The second kappa shape index (κ2) is 6.32. The molecule has 2 N–H and O–H groups in total. The van der Waals surface area contributed by atoms with Crippen LogP contribution in [0.25, 0.3) is 0 Å². The summed E-state index contributed by atoms with van der Waals surface area (Å²) in [6.07, 6.45) is 1.32. The number of likely N-dealkylation sites (N-methyl/N-ethyl adjacent to an activating group) is 1. The van der Waals surface area contributed by atoms with Gasteiger partial charge in [0.1, 0.15) is 0 Å². The van der Waals surface area contributed by atoms with Crippen molar-refractivity contribution in [2.24, 2.45) is 17.1 Å². The average Bonchev–Trinajstić information content (AvgIpc) is 3.00. The van der Waals surface area contributed by atoms with Gasteiger partial charge in [-0.2, -0.15) is 0 Å². The molecule has 2 fully saturated rings. The second-order valence-electron chi connectivity index (χ2n) is 7.07. The molecular formula is C15H28N4O2. The van der Waals surface area contributed by atoms with Gasteiger partial charge in [0.15, 0.2) is 0 Å². The van der Waals surface area contributed by atoms with Gasteiger partial charge in [-0.15, -0.1) is 0 Å². The Labute approximate surface area is 127 Å². The normalized spacial score (nSPS) is 29.8. The highest BCUT2D eigenvalue weighted by molar-refractivity contribution is 5.89. The standard InChI is InChI=1S/C15H28N4O2/c1-15(10-16)4-5-19(11-15)14(21)12-8-13(20)18(9-12)7-6-17(2)3/h12H,4-11,16H2,1-3H3. The van der Waals surface area contributed by atoms with Crippen molar-refractivity contribution >= 4 is 11.8 Å². The van der Waals surface area contributed by atoms with Gasteiger partial charge in [0.25, 0.3) is 0 Å². The molecule has 0 spiro atoms. The first-order chi connectivity index (χ1) is 9.84. The highest BCUT2D eigenvalue weighted by Gasteiger charge is 2.41. The van der Waals surface area contributed by atoms with Gasteiger partial charge < -0.3 is 20.4 Å². The van der Waals surface area contributed by atoms with Gasteiger partial charge in [-0.3, -0.25) is 9.59 Å². The molecule has 0 aromatic carbocycles. The van der Waals surface area contributed by atoms with E-state index in [1.807, 2.05) is 23.9 Å².